The maximum atomic E-state index is 11.2. The molecule has 0 radical (unpaired) electrons. The normalized spacial score (nSPS) is 15.1. The van der Waals surface area contributed by atoms with Crippen LogP contribution in [0.3, 0.4) is 0 Å². The van der Waals surface area contributed by atoms with E-state index in [1.807, 2.05) is 31.1 Å². The molecule has 13 heavy (non-hydrogen) atoms. The molecule has 1 unspecified atom stereocenters. The van der Waals surface area contributed by atoms with Crippen LogP contribution in [0.1, 0.15) is 0 Å². The molecule has 1 aromatic carbocycles. The Hall–Kier alpha value is -0.790. The number of rotatable bonds is 2. The molecular formula is C9H14NO2P. The highest BCUT2D eigenvalue weighted by Crippen LogP contribution is 2.33. The lowest BCUT2D eigenvalue weighted by molar-refractivity contribution is 0.496. The Kier molecular flexibility index (Phi) is 2.79. The summed E-state index contributed by atoms with van der Waals surface area (Å²) in [6.07, 6.45) is 0. The maximum absolute atomic E-state index is 11.2. The second kappa shape index (κ2) is 3.52. The van der Waals surface area contributed by atoms with E-state index in [1.54, 1.807) is 12.1 Å². The summed E-state index contributed by atoms with van der Waals surface area (Å²) in [6.45, 7) is 1.34. The first kappa shape index (κ1) is 10.3. The van der Waals surface area contributed by atoms with E-state index in [-0.39, 0.29) is 0 Å². The molecule has 4 heteroatoms. The highest BCUT2D eigenvalue weighted by Gasteiger charge is 2.12. The van der Waals surface area contributed by atoms with E-state index in [4.69, 9.17) is 0 Å². The van der Waals surface area contributed by atoms with E-state index < -0.39 is 7.37 Å². The van der Waals surface area contributed by atoms with Crippen molar-refractivity contribution in [1.29, 1.82) is 0 Å². The van der Waals surface area contributed by atoms with Crippen LogP contribution in [0.15, 0.2) is 24.3 Å². The lowest BCUT2D eigenvalue weighted by Crippen LogP contribution is -2.10. The highest BCUT2D eigenvalue weighted by molar-refractivity contribution is 7.65. The van der Waals surface area contributed by atoms with Gasteiger partial charge in [-0.25, -0.2) is 0 Å². The Morgan fingerprint density at radius 2 is 1.69 bits per heavy atom. The van der Waals surface area contributed by atoms with Crippen molar-refractivity contribution in [2.24, 2.45) is 0 Å². The molecule has 1 atom stereocenters. The van der Waals surface area contributed by atoms with Crippen molar-refractivity contribution < 1.29 is 9.46 Å². The molecule has 72 valence electrons. The fraction of sp³-hybridized carbons (Fsp3) is 0.333. The molecule has 0 aliphatic rings. The zero-order valence-corrected chi connectivity index (χ0v) is 8.95. The molecule has 0 aliphatic carbocycles. The van der Waals surface area contributed by atoms with Crippen molar-refractivity contribution >= 4 is 18.4 Å². The lowest BCUT2D eigenvalue weighted by atomic mass is 10.3. The van der Waals surface area contributed by atoms with Crippen LogP contribution in [0.2, 0.25) is 0 Å². The van der Waals surface area contributed by atoms with Gasteiger partial charge in [0.2, 0.25) is 7.37 Å². The molecule has 0 aromatic heterocycles. The maximum Gasteiger partial charge on any atom is 0.226 e. The molecule has 3 nitrogen and oxygen atoms in total. The second-order valence-corrected chi connectivity index (χ2v) is 5.56. The van der Waals surface area contributed by atoms with E-state index >= 15 is 0 Å². The molecule has 0 amide bonds. The van der Waals surface area contributed by atoms with Gasteiger partial charge in [0.05, 0.1) is 0 Å². The predicted octanol–water partition coefficient (Wildman–Crippen LogP) is 1.28. The standard InChI is InChI=1S/C9H14NO2P/c1-10(2)8-4-6-9(7-5-8)13(3,11)12/h4-7H,1-3H3,(H,11,12). The first-order valence-electron chi connectivity index (χ1n) is 3.99. The third-order valence-corrected chi connectivity index (χ3v) is 3.10. The molecule has 0 fully saturated rings. The van der Waals surface area contributed by atoms with Crippen LogP contribution >= 0.6 is 7.37 Å². The zero-order chi connectivity index (χ0) is 10.1. The summed E-state index contributed by atoms with van der Waals surface area (Å²) in [6, 6.07) is 7.05. The van der Waals surface area contributed by atoms with Gasteiger partial charge in [0.15, 0.2) is 0 Å². The molecule has 0 spiro atoms. The smallest absolute Gasteiger partial charge is 0.226 e. The monoisotopic (exact) mass is 199 g/mol. The number of hydrogen-bond donors (Lipinski definition) is 1. The van der Waals surface area contributed by atoms with Crippen LogP contribution in [-0.2, 0) is 4.57 Å². The van der Waals surface area contributed by atoms with Crippen molar-refractivity contribution in [3.05, 3.63) is 24.3 Å². The largest absolute Gasteiger partial charge is 0.378 e. The summed E-state index contributed by atoms with van der Waals surface area (Å²) in [7, 11) is 0.773. The molecule has 1 N–H and O–H groups in total. The topological polar surface area (TPSA) is 40.5 Å². The first-order valence-corrected chi connectivity index (χ1v) is 6.10. The van der Waals surface area contributed by atoms with Crippen LogP contribution in [0.4, 0.5) is 5.69 Å². The summed E-state index contributed by atoms with van der Waals surface area (Å²) in [5.41, 5.74) is 1.03. The van der Waals surface area contributed by atoms with Crippen molar-refractivity contribution in [3.63, 3.8) is 0 Å². The van der Waals surface area contributed by atoms with E-state index in [9.17, 15) is 9.46 Å². The average molecular weight is 199 g/mol. The quantitative estimate of drug-likeness (QED) is 0.729. The van der Waals surface area contributed by atoms with Crippen LogP contribution in [0.25, 0.3) is 0 Å². The Bertz CT molecular complexity index is 326. The van der Waals surface area contributed by atoms with E-state index in [2.05, 4.69) is 0 Å². The molecule has 0 saturated heterocycles. The van der Waals surface area contributed by atoms with Gasteiger partial charge in [0.25, 0.3) is 0 Å². The van der Waals surface area contributed by atoms with Gasteiger partial charge >= 0.3 is 0 Å². The third-order valence-electron chi connectivity index (χ3n) is 1.85. The van der Waals surface area contributed by atoms with Gasteiger partial charge in [-0.1, -0.05) is 0 Å². The van der Waals surface area contributed by atoms with Gasteiger partial charge in [-0.2, -0.15) is 0 Å². The molecular weight excluding hydrogens is 185 g/mol. The summed E-state index contributed by atoms with van der Waals surface area (Å²) in [5.74, 6) is 0. The molecule has 1 aromatic rings. The SMILES string of the molecule is CN(C)c1ccc(P(C)(=O)O)cc1. The minimum absolute atomic E-state index is 0.498. The second-order valence-electron chi connectivity index (χ2n) is 3.29. The molecule has 0 saturated carbocycles. The van der Waals surface area contributed by atoms with Crippen LogP contribution in [0.5, 0.6) is 0 Å². The Morgan fingerprint density at radius 3 is 2.00 bits per heavy atom. The zero-order valence-electron chi connectivity index (χ0n) is 8.06. The molecule has 0 bridgehead atoms. The minimum Gasteiger partial charge on any atom is -0.378 e. The van der Waals surface area contributed by atoms with Gasteiger partial charge < -0.3 is 9.79 Å². The van der Waals surface area contributed by atoms with E-state index in [0.717, 1.165) is 5.69 Å². The summed E-state index contributed by atoms with van der Waals surface area (Å²) in [4.78, 5) is 11.2. The Labute approximate surface area is 78.5 Å². The molecule has 1 rings (SSSR count). The third kappa shape index (κ3) is 2.58. The van der Waals surface area contributed by atoms with Crippen molar-refractivity contribution in [3.8, 4) is 0 Å². The summed E-state index contributed by atoms with van der Waals surface area (Å²) >= 11 is 0. The van der Waals surface area contributed by atoms with Crippen LogP contribution in [-0.4, -0.2) is 25.7 Å². The fourth-order valence-corrected chi connectivity index (χ4v) is 1.73. The number of hydrogen-bond acceptors (Lipinski definition) is 2. The van der Waals surface area contributed by atoms with Crippen LogP contribution < -0.4 is 10.2 Å². The van der Waals surface area contributed by atoms with Crippen molar-refractivity contribution in [2.45, 2.75) is 0 Å². The average Bonchev–Trinajstić information content (AvgIpc) is 2.03. The Balaban J connectivity index is 3.01. The van der Waals surface area contributed by atoms with Gasteiger partial charge in [-0.05, 0) is 24.3 Å². The first-order chi connectivity index (χ1) is 5.91. The summed E-state index contributed by atoms with van der Waals surface area (Å²) < 4.78 is 11.2. The van der Waals surface area contributed by atoms with Gasteiger partial charge in [0, 0.05) is 31.8 Å². The van der Waals surface area contributed by atoms with E-state index in [1.165, 1.54) is 6.66 Å². The molecule has 0 aliphatic heterocycles. The number of nitrogens with zero attached hydrogens (tertiary/aromatic N) is 1. The molecule has 0 heterocycles. The lowest BCUT2D eigenvalue weighted by Gasteiger charge is -2.13. The number of benzene rings is 1. The Morgan fingerprint density at radius 1 is 1.23 bits per heavy atom. The van der Waals surface area contributed by atoms with Gasteiger partial charge in [-0.15, -0.1) is 0 Å². The predicted molar refractivity (Wildman–Crippen MR) is 56.2 cm³/mol. The van der Waals surface area contributed by atoms with Crippen LogP contribution in [0, 0.1) is 0 Å². The highest BCUT2D eigenvalue weighted by atomic mass is 31.2. The van der Waals surface area contributed by atoms with Crippen molar-refractivity contribution in [2.75, 3.05) is 25.7 Å². The van der Waals surface area contributed by atoms with E-state index in [0.29, 0.717) is 5.30 Å². The number of anilines is 1. The summed E-state index contributed by atoms with van der Waals surface area (Å²) in [5, 5.41) is 0.498. The minimum atomic E-state index is -3.09. The van der Waals surface area contributed by atoms with Crippen molar-refractivity contribution in [1.82, 2.24) is 0 Å². The van der Waals surface area contributed by atoms with Gasteiger partial charge in [0.1, 0.15) is 0 Å². The van der Waals surface area contributed by atoms with Gasteiger partial charge in [-0.3, -0.25) is 4.57 Å². The fourth-order valence-electron chi connectivity index (χ4n) is 1.03.